The van der Waals surface area contributed by atoms with Gasteiger partial charge in [0, 0.05) is 12.3 Å². The lowest BCUT2D eigenvalue weighted by Gasteiger charge is -2.21. The SMILES string of the molecule is CC(C)OC(=O)CCC/C=C\C[C@@H]1[C@@H]([C@@H]2O[C@H]2[C@H](O)CCc2ccccc2)[C@H](O)C[C@@H]1O. The van der Waals surface area contributed by atoms with Crippen LogP contribution in [0.1, 0.15) is 57.9 Å². The number of carbonyl (C=O) groups excluding carboxylic acids is 1. The van der Waals surface area contributed by atoms with E-state index in [4.69, 9.17) is 9.47 Å². The van der Waals surface area contributed by atoms with Crippen molar-refractivity contribution in [2.24, 2.45) is 11.8 Å². The van der Waals surface area contributed by atoms with Gasteiger partial charge in [-0.2, -0.15) is 0 Å². The molecule has 1 aromatic rings. The number of epoxide rings is 1. The predicted octanol–water partition coefficient (Wildman–Crippen LogP) is 3.17. The summed E-state index contributed by atoms with van der Waals surface area (Å²) in [5, 5.41) is 31.6. The second kappa shape index (κ2) is 11.9. The first kappa shape index (κ1) is 24.9. The number of carbonyl (C=O) groups is 1. The maximum Gasteiger partial charge on any atom is 0.306 e. The fourth-order valence-electron chi connectivity index (χ4n) is 4.83. The molecule has 2 fully saturated rings. The summed E-state index contributed by atoms with van der Waals surface area (Å²) in [6, 6.07) is 10.0. The van der Waals surface area contributed by atoms with Gasteiger partial charge in [0.25, 0.3) is 0 Å². The molecular formula is C26H38O6. The number of aryl methyl sites for hydroxylation is 1. The van der Waals surface area contributed by atoms with E-state index >= 15 is 0 Å². The van der Waals surface area contributed by atoms with Crippen molar-refractivity contribution >= 4 is 5.97 Å². The van der Waals surface area contributed by atoms with Crippen LogP contribution in [0.3, 0.4) is 0 Å². The van der Waals surface area contributed by atoms with Crippen LogP contribution in [-0.2, 0) is 20.7 Å². The Morgan fingerprint density at radius 3 is 2.66 bits per heavy atom. The van der Waals surface area contributed by atoms with Crippen LogP contribution in [-0.4, -0.2) is 57.9 Å². The van der Waals surface area contributed by atoms with Crippen molar-refractivity contribution in [2.75, 3.05) is 0 Å². The van der Waals surface area contributed by atoms with Crippen molar-refractivity contribution in [3.05, 3.63) is 48.0 Å². The summed E-state index contributed by atoms with van der Waals surface area (Å²) in [6.45, 7) is 3.68. The zero-order valence-corrected chi connectivity index (χ0v) is 19.2. The van der Waals surface area contributed by atoms with Gasteiger partial charge >= 0.3 is 5.97 Å². The van der Waals surface area contributed by atoms with E-state index in [1.807, 2.05) is 56.3 Å². The third-order valence-corrected chi connectivity index (χ3v) is 6.50. The number of hydrogen-bond acceptors (Lipinski definition) is 6. The second-order valence-corrected chi connectivity index (χ2v) is 9.41. The van der Waals surface area contributed by atoms with Gasteiger partial charge in [-0.1, -0.05) is 42.5 Å². The lowest BCUT2D eigenvalue weighted by molar-refractivity contribution is -0.147. The summed E-state index contributed by atoms with van der Waals surface area (Å²) in [5.74, 6) is -0.443. The topological polar surface area (TPSA) is 99.5 Å². The Morgan fingerprint density at radius 2 is 1.94 bits per heavy atom. The van der Waals surface area contributed by atoms with Crippen molar-refractivity contribution in [1.82, 2.24) is 0 Å². The van der Waals surface area contributed by atoms with Gasteiger partial charge in [0.1, 0.15) is 6.10 Å². The van der Waals surface area contributed by atoms with Gasteiger partial charge < -0.3 is 24.8 Å². The molecule has 1 heterocycles. The van der Waals surface area contributed by atoms with Crippen LogP contribution in [0.4, 0.5) is 0 Å². The minimum atomic E-state index is -0.620. The smallest absolute Gasteiger partial charge is 0.306 e. The first-order chi connectivity index (χ1) is 15.4. The fourth-order valence-corrected chi connectivity index (χ4v) is 4.83. The first-order valence-electron chi connectivity index (χ1n) is 11.9. The van der Waals surface area contributed by atoms with Gasteiger partial charge in [-0.3, -0.25) is 4.79 Å². The third kappa shape index (κ3) is 7.14. The van der Waals surface area contributed by atoms with Crippen LogP contribution in [0.5, 0.6) is 0 Å². The van der Waals surface area contributed by atoms with Crippen LogP contribution in [0.25, 0.3) is 0 Å². The molecule has 1 saturated heterocycles. The predicted molar refractivity (Wildman–Crippen MR) is 122 cm³/mol. The highest BCUT2D eigenvalue weighted by molar-refractivity contribution is 5.69. The summed E-state index contributed by atoms with van der Waals surface area (Å²) in [4.78, 5) is 11.6. The van der Waals surface area contributed by atoms with Crippen LogP contribution in [0.2, 0.25) is 0 Å². The number of hydrogen-bond donors (Lipinski definition) is 3. The van der Waals surface area contributed by atoms with Crippen LogP contribution in [0, 0.1) is 11.8 Å². The Kier molecular flexibility index (Phi) is 9.29. The highest BCUT2D eigenvalue weighted by atomic mass is 16.6. The zero-order chi connectivity index (χ0) is 23.1. The maximum absolute atomic E-state index is 11.6. The lowest BCUT2D eigenvalue weighted by atomic mass is 9.85. The molecule has 1 aliphatic carbocycles. The first-order valence-corrected chi connectivity index (χ1v) is 11.9. The van der Waals surface area contributed by atoms with Crippen molar-refractivity contribution in [2.45, 2.75) is 95.4 Å². The highest BCUT2D eigenvalue weighted by Crippen LogP contribution is 2.46. The number of aliphatic hydroxyl groups excluding tert-OH is 3. The maximum atomic E-state index is 11.6. The van der Waals surface area contributed by atoms with E-state index in [0.717, 1.165) is 19.3 Å². The monoisotopic (exact) mass is 446 g/mol. The lowest BCUT2D eigenvalue weighted by Crippen LogP contribution is -2.30. The van der Waals surface area contributed by atoms with Crippen molar-refractivity contribution in [3.63, 3.8) is 0 Å². The summed E-state index contributed by atoms with van der Waals surface area (Å²) in [7, 11) is 0. The Morgan fingerprint density at radius 1 is 1.19 bits per heavy atom. The van der Waals surface area contributed by atoms with Crippen LogP contribution >= 0.6 is 0 Å². The average Bonchev–Trinajstić information content (AvgIpc) is 3.48. The summed E-state index contributed by atoms with van der Waals surface area (Å²) in [6.07, 6.45) is 5.97. The number of benzene rings is 1. The zero-order valence-electron chi connectivity index (χ0n) is 19.2. The minimum Gasteiger partial charge on any atom is -0.463 e. The van der Waals surface area contributed by atoms with E-state index < -0.39 is 18.3 Å². The molecule has 0 unspecified atom stereocenters. The third-order valence-electron chi connectivity index (χ3n) is 6.50. The molecule has 3 N–H and O–H groups in total. The quantitative estimate of drug-likeness (QED) is 0.197. The molecule has 3 rings (SSSR count). The molecule has 0 spiro atoms. The fraction of sp³-hybridized carbons (Fsp3) is 0.654. The molecule has 0 aromatic heterocycles. The Labute approximate surface area is 191 Å². The van der Waals surface area contributed by atoms with E-state index in [1.54, 1.807) is 0 Å². The molecular weight excluding hydrogens is 408 g/mol. The van der Waals surface area contributed by atoms with Crippen molar-refractivity contribution < 1.29 is 29.6 Å². The van der Waals surface area contributed by atoms with Gasteiger partial charge in [0.05, 0.1) is 30.5 Å². The summed E-state index contributed by atoms with van der Waals surface area (Å²) < 4.78 is 10.9. The van der Waals surface area contributed by atoms with Crippen LogP contribution < -0.4 is 0 Å². The molecule has 178 valence electrons. The Hall–Kier alpha value is -1.73. The molecule has 6 nitrogen and oxygen atoms in total. The van der Waals surface area contributed by atoms with E-state index in [0.29, 0.717) is 25.7 Å². The minimum absolute atomic E-state index is 0.0874. The average molecular weight is 447 g/mol. The molecule has 7 atom stereocenters. The van der Waals surface area contributed by atoms with E-state index in [1.165, 1.54) is 5.56 Å². The largest absolute Gasteiger partial charge is 0.463 e. The number of unbranched alkanes of at least 4 members (excludes halogenated alkanes) is 1. The molecule has 1 aromatic carbocycles. The number of aliphatic hydroxyl groups is 3. The summed E-state index contributed by atoms with van der Waals surface area (Å²) >= 11 is 0. The molecule has 1 aliphatic heterocycles. The number of rotatable bonds is 12. The molecule has 2 aliphatic rings. The number of esters is 1. The van der Waals surface area contributed by atoms with Crippen LogP contribution in [0.15, 0.2) is 42.5 Å². The Balaban J connectivity index is 1.42. The molecule has 1 saturated carbocycles. The van der Waals surface area contributed by atoms with E-state index in [2.05, 4.69) is 0 Å². The van der Waals surface area contributed by atoms with Gasteiger partial charge in [-0.15, -0.1) is 0 Å². The van der Waals surface area contributed by atoms with Gasteiger partial charge in [-0.25, -0.2) is 0 Å². The summed E-state index contributed by atoms with van der Waals surface area (Å²) in [5.41, 5.74) is 1.18. The second-order valence-electron chi connectivity index (χ2n) is 9.41. The highest BCUT2D eigenvalue weighted by Gasteiger charge is 2.57. The van der Waals surface area contributed by atoms with E-state index in [9.17, 15) is 20.1 Å². The van der Waals surface area contributed by atoms with Gasteiger partial charge in [-0.05, 0) is 63.9 Å². The van der Waals surface area contributed by atoms with Gasteiger partial charge in [0.15, 0.2) is 0 Å². The normalized spacial score (nSPS) is 30.7. The molecule has 32 heavy (non-hydrogen) atoms. The molecule has 6 heteroatoms. The van der Waals surface area contributed by atoms with E-state index in [-0.39, 0.29) is 36.1 Å². The standard InChI is InChI=1S/C26H38O6/c1-17(2)31-23(30)13-9-4-3-8-12-19-21(28)16-22(29)24(19)26-25(32-26)20(27)15-14-18-10-6-5-7-11-18/h3,5-8,10-11,17,19-22,24-29H,4,9,12-16H2,1-2H3/b8-3-/t19-,20+,21-,22+,24+,25-,26-/m0/s1. The number of allylic oxidation sites excluding steroid dienone is 2. The molecule has 0 bridgehead atoms. The van der Waals surface area contributed by atoms with Crippen molar-refractivity contribution in [3.8, 4) is 0 Å². The van der Waals surface area contributed by atoms with Crippen molar-refractivity contribution in [1.29, 1.82) is 0 Å². The molecule has 0 amide bonds. The molecule has 0 radical (unpaired) electrons. The Bertz CT molecular complexity index is 733. The number of ether oxygens (including phenoxy) is 2. The van der Waals surface area contributed by atoms with Gasteiger partial charge in [0.2, 0.25) is 0 Å².